The second-order valence-corrected chi connectivity index (χ2v) is 8.78. The molecule has 2 heterocycles. The van der Waals surface area contributed by atoms with E-state index in [0.717, 1.165) is 38.4 Å². The first-order chi connectivity index (χ1) is 14.1. The molecule has 0 radical (unpaired) electrons. The first-order valence-corrected chi connectivity index (χ1v) is 10.9. The van der Waals surface area contributed by atoms with Gasteiger partial charge in [0.2, 0.25) is 0 Å². The van der Waals surface area contributed by atoms with Crippen LogP contribution in [0.15, 0.2) is 36.7 Å². The summed E-state index contributed by atoms with van der Waals surface area (Å²) in [4.78, 5) is 26.0. The number of benzene rings is 1. The van der Waals surface area contributed by atoms with Crippen molar-refractivity contribution in [1.82, 2.24) is 19.8 Å². The number of aromatic nitrogens is 2. The number of piperidine rings is 1. The van der Waals surface area contributed by atoms with Gasteiger partial charge >= 0.3 is 0 Å². The number of rotatable bonds is 7. The zero-order chi connectivity index (χ0) is 20.2. The van der Waals surface area contributed by atoms with Crippen LogP contribution in [0.5, 0.6) is 0 Å². The Balaban J connectivity index is 1.27. The summed E-state index contributed by atoms with van der Waals surface area (Å²) in [5, 5.41) is 0. The van der Waals surface area contributed by atoms with Crippen molar-refractivity contribution >= 4 is 5.91 Å². The molecule has 1 atom stereocenters. The van der Waals surface area contributed by atoms with Crippen molar-refractivity contribution in [3.05, 3.63) is 59.2 Å². The molecule has 29 heavy (non-hydrogen) atoms. The minimum Gasteiger partial charge on any atom is -0.341 e. The van der Waals surface area contributed by atoms with Gasteiger partial charge in [-0.25, -0.2) is 9.97 Å². The lowest BCUT2D eigenvalue weighted by Crippen LogP contribution is -2.42. The lowest BCUT2D eigenvalue weighted by atomic mass is 9.96. The van der Waals surface area contributed by atoms with Gasteiger partial charge in [0, 0.05) is 45.0 Å². The second-order valence-electron chi connectivity index (χ2n) is 8.78. The number of amides is 1. The molecule has 1 amide bonds. The maximum Gasteiger partial charge on any atom is 0.256 e. The van der Waals surface area contributed by atoms with Crippen LogP contribution in [0.4, 0.5) is 0 Å². The Labute approximate surface area is 174 Å². The monoisotopic (exact) mass is 392 g/mol. The molecule has 1 aromatic carbocycles. The molecule has 154 valence electrons. The number of carbonyl (C=O) groups excluding carboxylic acids is 1. The van der Waals surface area contributed by atoms with E-state index in [1.165, 1.54) is 36.8 Å². The van der Waals surface area contributed by atoms with E-state index in [9.17, 15) is 4.79 Å². The quantitative estimate of drug-likeness (QED) is 0.721. The Morgan fingerprint density at radius 2 is 1.93 bits per heavy atom. The third-order valence-electron chi connectivity index (χ3n) is 6.30. The molecule has 1 aromatic heterocycles. The largest absolute Gasteiger partial charge is 0.341 e. The van der Waals surface area contributed by atoms with Gasteiger partial charge in [0.05, 0.1) is 5.56 Å². The number of likely N-dealkylation sites (tertiary alicyclic amines) is 1. The number of carbonyl (C=O) groups is 1. The first kappa shape index (κ1) is 20.0. The highest BCUT2D eigenvalue weighted by Gasteiger charge is 2.27. The smallest absolute Gasteiger partial charge is 0.256 e. The fourth-order valence-electron chi connectivity index (χ4n) is 4.36. The van der Waals surface area contributed by atoms with E-state index in [0.29, 0.717) is 17.4 Å². The predicted octanol–water partition coefficient (Wildman–Crippen LogP) is 3.69. The zero-order valence-electron chi connectivity index (χ0n) is 17.7. The van der Waals surface area contributed by atoms with Crippen LogP contribution in [-0.2, 0) is 6.42 Å². The van der Waals surface area contributed by atoms with Crippen LogP contribution >= 0.6 is 0 Å². The summed E-state index contributed by atoms with van der Waals surface area (Å²) in [5.41, 5.74) is 3.42. The molecule has 4 rings (SSSR count). The maximum atomic E-state index is 12.8. The van der Waals surface area contributed by atoms with Gasteiger partial charge in [-0.2, -0.15) is 0 Å². The van der Waals surface area contributed by atoms with Crippen molar-refractivity contribution in [2.24, 2.45) is 5.92 Å². The Morgan fingerprint density at radius 1 is 1.17 bits per heavy atom. The molecular formula is C24H32N4O. The van der Waals surface area contributed by atoms with Crippen LogP contribution in [0.25, 0.3) is 0 Å². The van der Waals surface area contributed by atoms with E-state index in [4.69, 9.17) is 0 Å². The number of hydrogen-bond donors (Lipinski definition) is 0. The summed E-state index contributed by atoms with van der Waals surface area (Å²) in [7, 11) is 1.91. The van der Waals surface area contributed by atoms with E-state index in [-0.39, 0.29) is 5.91 Å². The molecule has 1 unspecified atom stereocenters. The minimum atomic E-state index is 0.0318. The summed E-state index contributed by atoms with van der Waals surface area (Å²) >= 11 is 0. The molecule has 2 aliphatic rings. The highest BCUT2D eigenvalue weighted by Crippen LogP contribution is 2.37. The molecule has 1 aliphatic heterocycles. The van der Waals surface area contributed by atoms with Gasteiger partial charge in [0.15, 0.2) is 0 Å². The molecule has 0 spiro atoms. The highest BCUT2D eigenvalue weighted by atomic mass is 16.2. The van der Waals surface area contributed by atoms with Crippen LogP contribution in [0.1, 0.15) is 58.9 Å². The normalized spacial score (nSPS) is 19.9. The van der Waals surface area contributed by atoms with Crippen LogP contribution in [0.2, 0.25) is 0 Å². The summed E-state index contributed by atoms with van der Waals surface area (Å²) in [6, 6.07) is 8.66. The first-order valence-electron chi connectivity index (χ1n) is 10.9. The maximum absolute atomic E-state index is 12.8. The van der Waals surface area contributed by atoms with Gasteiger partial charge in [0.25, 0.3) is 5.91 Å². The van der Waals surface area contributed by atoms with Gasteiger partial charge in [-0.1, -0.05) is 24.3 Å². The zero-order valence-corrected chi connectivity index (χ0v) is 17.7. The summed E-state index contributed by atoms with van der Waals surface area (Å²) < 4.78 is 0. The van der Waals surface area contributed by atoms with E-state index in [1.54, 1.807) is 12.4 Å². The molecule has 5 heteroatoms. The Morgan fingerprint density at radius 3 is 2.66 bits per heavy atom. The van der Waals surface area contributed by atoms with Crippen molar-refractivity contribution in [2.45, 2.75) is 44.9 Å². The van der Waals surface area contributed by atoms with Crippen molar-refractivity contribution in [3.63, 3.8) is 0 Å². The fraction of sp³-hybridized carbons (Fsp3) is 0.542. The van der Waals surface area contributed by atoms with Gasteiger partial charge in [-0.3, -0.25) is 4.79 Å². The second kappa shape index (κ2) is 9.04. The van der Waals surface area contributed by atoms with Crippen molar-refractivity contribution < 1.29 is 4.79 Å². The Hall–Kier alpha value is -2.27. The molecule has 2 aromatic rings. The van der Waals surface area contributed by atoms with Crippen LogP contribution in [0.3, 0.4) is 0 Å². The molecular weight excluding hydrogens is 360 g/mol. The average Bonchev–Trinajstić information content (AvgIpc) is 3.58. The van der Waals surface area contributed by atoms with E-state index < -0.39 is 0 Å². The van der Waals surface area contributed by atoms with Crippen LogP contribution < -0.4 is 0 Å². The molecule has 0 bridgehead atoms. The Bertz CT molecular complexity index is 831. The number of hydrogen-bond acceptors (Lipinski definition) is 4. The third kappa shape index (κ3) is 5.21. The lowest BCUT2D eigenvalue weighted by Gasteiger charge is -2.34. The van der Waals surface area contributed by atoms with Gasteiger partial charge < -0.3 is 9.80 Å². The standard InChI is InChI=1S/C24H32N4O/c1-18-6-3-4-8-20(18)11-13-28-12-5-7-19(17-28)16-27(2)24(29)22-14-25-23(26-15-22)21-9-10-21/h3-4,6,8,14-15,19,21H,5,7,9-13,16-17H2,1-2H3. The number of nitrogens with zero attached hydrogens (tertiary/aromatic N) is 4. The van der Waals surface area contributed by atoms with Gasteiger partial charge in [-0.15, -0.1) is 0 Å². The van der Waals surface area contributed by atoms with E-state index in [1.807, 2.05) is 11.9 Å². The summed E-state index contributed by atoms with van der Waals surface area (Å²) in [6.07, 6.45) is 9.25. The van der Waals surface area contributed by atoms with Crippen molar-refractivity contribution in [1.29, 1.82) is 0 Å². The lowest BCUT2D eigenvalue weighted by molar-refractivity contribution is 0.0729. The molecule has 2 fully saturated rings. The molecule has 1 aliphatic carbocycles. The van der Waals surface area contributed by atoms with Crippen molar-refractivity contribution in [2.75, 3.05) is 33.2 Å². The van der Waals surface area contributed by atoms with Gasteiger partial charge in [0.1, 0.15) is 5.82 Å². The number of aryl methyl sites for hydroxylation is 1. The average molecular weight is 393 g/mol. The SMILES string of the molecule is Cc1ccccc1CCN1CCCC(CN(C)C(=O)c2cnc(C3CC3)nc2)C1. The summed E-state index contributed by atoms with van der Waals surface area (Å²) in [5.74, 6) is 1.97. The molecule has 5 nitrogen and oxygen atoms in total. The topological polar surface area (TPSA) is 49.3 Å². The van der Waals surface area contributed by atoms with Crippen LogP contribution in [0, 0.1) is 12.8 Å². The fourth-order valence-corrected chi connectivity index (χ4v) is 4.36. The minimum absolute atomic E-state index is 0.0318. The summed E-state index contributed by atoms with van der Waals surface area (Å²) in [6.45, 7) is 6.31. The molecule has 1 saturated carbocycles. The van der Waals surface area contributed by atoms with Crippen LogP contribution in [-0.4, -0.2) is 58.9 Å². The van der Waals surface area contributed by atoms with E-state index >= 15 is 0 Å². The molecule has 0 N–H and O–H groups in total. The van der Waals surface area contributed by atoms with Crippen molar-refractivity contribution in [3.8, 4) is 0 Å². The van der Waals surface area contributed by atoms with Gasteiger partial charge in [-0.05, 0) is 62.6 Å². The Kier molecular flexibility index (Phi) is 6.24. The third-order valence-corrected chi connectivity index (χ3v) is 6.30. The predicted molar refractivity (Wildman–Crippen MR) is 115 cm³/mol. The van der Waals surface area contributed by atoms with E-state index in [2.05, 4.69) is 46.1 Å². The highest BCUT2D eigenvalue weighted by molar-refractivity contribution is 5.93. The molecule has 1 saturated heterocycles.